The Morgan fingerprint density at radius 1 is 0.857 bits per heavy atom. The minimum absolute atomic E-state index is 0.245. The first-order valence-electron chi connectivity index (χ1n) is 8.72. The number of fused-ring (bicyclic) bond motifs is 1. The fraction of sp³-hybridized carbons (Fsp3) is 0.0500. The van der Waals surface area contributed by atoms with Gasteiger partial charge in [-0.15, -0.1) is 5.10 Å². The molecule has 0 aliphatic heterocycles. The van der Waals surface area contributed by atoms with Gasteiger partial charge in [0.05, 0.1) is 23.8 Å². The van der Waals surface area contributed by atoms with Gasteiger partial charge in [0.25, 0.3) is 0 Å². The molecule has 0 unspecified atom stereocenters. The lowest BCUT2D eigenvalue weighted by atomic mass is 10.3. The molecule has 5 rings (SSSR count). The van der Waals surface area contributed by atoms with E-state index in [1.165, 1.54) is 6.33 Å². The number of para-hydroxylation sites is 2. The molecule has 28 heavy (non-hydrogen) atoms. The van der Waals surface area contributed by atoms with Crippen molar-refractivity contribution in [2.45, 2.75) is 6.61 Å². The third-order valence-electron chi connectivity index (χ3n) is 4.25. The molecule has 0 N–H and O–H groups in total. The van der Waals surface area contributed by atoms with Gasteiger partial charge < -0.3 is 4.74 Å². The molecule has 0 saturated heterocycles. The van der Waals surface area contributed by atoms with Crippen LogP contribution in [0, 0.1) is 0 Å². The van der Waals surface area contributed by atoms with Gasteiger partial charge in [-0.05, 0) is 24.3 Å². The average Bonchev–Trinajstić information content (AvgIpc) is 3.41. The normalized spacial score (nSPS) is 11.0. The molecule has 0 fully saturated rings. The minimum Gasteiger partial charge on any atom is -0.470 e. The molecule has 0 radical (unpaired) electrons. The zero-order chi connectivity index (χ0) is 18.8. The smallest absolute Gasteiger partial charge is 0.228 e. The van der Waals surface area contributed by atoms with Gasteiger partial charge >= 0.3 is 0 Å². The van der Waals surface area contributed by atoms with Crippen molar-refractivity contribution in [3.63, 3.8) is 0 Å². The van der Waals surface area contributed by atoms with E-state index in [4.69, 9.17) is 4.74 Å². The number of hydrogen-bond acceptors (Lipinski definition) is 6. The topological polar surface area (TPSA) is 83.5 Å². The molecule has 5 aromatic rings. The summed E-state index contributed by atoms with van der Waals surface area (Å²) in [6, 6.07) is 19.6. The Bertz CT molecular complexity index is 1220. The summed E-state index contributed by atoms with van der Waals surface area (Å²) in [4.78, 5) is 8.61. The molecule has 0 aliphatic carbocycles. The van der Waals surface area contributed by atoms with Crippen LogP contribution >= 0.6 is 0 Å². The third-order valence-corrected chi connectivity index (χ3v) is 4.25. The third kappa shape index (κ3) is 2.96. The van der Waals surface area contributed by atoms with Crippen LogP contribution in [0.25, 0.3) is 22.4 Å². The first-order chi connectivity index (χ1) is 13.9. The van der Waals surface area contributed by atoms with E-state index in [2.05, 4.69) is 25.4 Å². The van der Waals surface area contributed by atoms with Crippen molar-refractivity contribution in [1.82, 2.24) is 34.7 Å². The van der Waals surface area contributed by atoms with Crippen LogP contribution in [-0.2, 0) is 6.61 Å². The minimum atomic E-state index is 0.245. The molecule has 8 heteroatoms. The Balaban J connectivity index is 1.39. The van der Waals surface area contributed by atoms with Crippen LogP contribution < -0.4 is 4.74 Å². The van der Waals surface area contributed by atoms with Crippen molar-refractivity contribution >= 4 is 11.0 Å². The van der Waals surface area contributed by atoms with Crippen LogP contribution in [-0.4, -0.2) is 34.7 Å². The molecule has 0 aliphatic rings. The van der Waals surface area contributed by atoms with Gasteiger partial charge in [0.15, 0.2) is 5.65 Å². The lowest BCUT2D eigenvalue weighted by molar-refractivity contribution is 0.293. The number of rotatable bonds is 5. The second-order valence-corrected chi connectivity index (χ2v) is 6.09. The molecule has 0 saturated carbocycles. The lowest BCUT2D eigenvalue weighted by Crippen LogP contribution is -2.00. The maximum absolute atomic E-state index is 5.88. The summed E-state index contributed by atoms with van der Waals surface area (Å²) >= 11 is 0. The summed E-state index contributed by atoms with van der Waals surface area (Å²) in [6.07, 6.45) is 5.01. The van der Waals surface area contributed by atoms with Gasteiger partial charge in [-0.2, -0.15) is 5.10 Å². The highest BCUT2D eigenvalue weighted by Gasteiger charge is 2.13. The number of hydrogen-bond donors (Lipinski definition) is 0. The van der Waals surface area contributed by atoms with E-state index in [0.29, 0.717) is 17.2 Å². The maximum atomic E-state index is 5.88. The first-order valence-corrected chi connectivity index (χ1v) is 8.72. The van der Waals surface area contributed by atoms with Gasteiger partial charge in [0, 0.05) is 0 Å². The van der Waals surface area contributed by atoms with Gasteiger partial charge in [-0.3, -0.25) is 0 Å². The molecule has 136 valence electrons. The number of nitrogens with zero attached hydrogens (tertiary/aromatic N) is 7. The number of benzene rings is 2. The van der Waals surface area contributed by atoms with Crippen molar-refractivity contribution in [3.05, 3.63) is 85.1 Å². The van der Waals surface area contributed by atoms with E-state index in [1.54, 1.807) is 15.6 Å². The highest BCUT2D eigenvalue weighted by atomic mass is 16.5. The molecule has 3 heterocycles. The van der Waals surface area contributed by atoms with Crippen LogP contribution in [0.3, 0.4) is 0 Å². The quantitative estimate of drug-likeness (QED) is 0.474. The molecule has 8 nitrogen and oxygen atoms in total. The SMILES string of the molecule is c1ccc(-n2cc(COc3ncnc4c3cnn4-c3ccccc3)nn2)cc1. The van der Waals surface area contributed by atoms with Crippen molar-refractivity contribution in [1.29, 1.82) is 0 Å². The fourth-order valence-corrected chi connectivity index (χ4v) is 2.91. The average molecular weight is 369 g/mol. The zero-order valence-corrected chi connectivity index (χ0v) is 14.8. The van der Waals surface area contributed by atoms with Crippen molar-refractivity contribution in [3.8, 4) is 17.3 Å². The predicted octanol–water partition coefficient (Wildman–Crippen LogP) is 2.98. The Morgan fingerprint density at radius 2 is 1.61 bits per heavy atom. The van der Waals surface area contributed by atoms with E-state index in [9.17, 15) is 0 Å². The van der Waals surface area contributed by atoms with Crippen LogP contribution in [0.1, 0.15) is 5.69 Å². The van der Waals surface area contributed by atoms with Crippen LogP contribution in [0.15, 0.2) is 79.4 Å². The predicted molar refractivity (Wildman–Crippen MR) is 102 cm³/mol. The van der Waals surface area contributed by atoms with Gasteiger partial charge in [0.1, 0.15) is 24.0 Å². The number of aromatic nitrogens is 7. The van der Waals surface area contributed by atoms with E-state index >= 15 is 0 Å². The monoisotopic (exact) mass is 369 g/mol. The second kappa shape index (κ2) is 6.92. The van der Waals surface area contributed by atoms with Crippen LogP contribution in [0.2, 0.25) is 0 Å². The Kier molecular flexibility index (Phi) is 3.98. The first kappa shape index (κ1) is 16.1. The summed E-state index contributed by atoms with van der Waals surface area (Å²) in [5, 5.41) is 13.5. The molecular formula is C20H15N7O. The van der Waals surface area contributed by atoms with E-state index in [-0.39, 0.29) is 6.61 Å². The fourth-order valence-electron chi connectivity index (χ4n) is 2.91. The standard InChI is InChI=1S/C20H15N7O/c1-3-7-16(8-4-1)26-12-15(24-25-26)13-28-20-18-11-23-27(19(18)21-14-22-20)17-9-5-2-6-10-17/h1-12,14H,13H2. The highest BCUT2D eigenvalue weighted by Crippen LogP contribution is 2.23. The van der Waals surface area contributed by atoms with Gasteiger partial charge in [0.2, 0.25) is 5.88 Å². The van der Waals surface area contributed by atoms with E-state index in [1.807, 2.05) is 66.9 Å². The molecule has 0 spiro atoms. The second-order valence-electron chi connectivity index (χ2n) is 6.09. The Hall–Kier alpha value is -4.07. The molecule has 0 atom stereocenters. The van der Waals surface area contributed by atoms with Gasteiger partial charge in [-0.1, -0.05) is 41.6 Å². The van der Waals surface area contributed by atoms with E-state index in [0.717, 1.165) is 16.8 Å². The summed E-state index contributed by atoms with van der Waals surface area (Å²) in [7, 11) is 0. The Labute approximate surface area is 160 Å². The summed E-state index contributed by atoms with van der Waals surface area (Å²) in [5.74, 6) is 0.460. The number of ether oxygens (including phenoxy) is 1. The van der Waals surface area contributed by atoms with Crippen molar-refractivity contribution in [2.24, 2.45) is 0 Å². The molecule has 0 bridgehead atoms. The molecular weight excluding hydrogens is 354 g/mol. The maximum Gasteiger partial charge on any atom is 0.228 e. The summed E-state index contributed by atoms with van der Waals surface area (Å²) < 4.78 is 9.35. The zero-order valence-electron chi connectivity index (χ0n) is 14.8. The Morgan fingerprint density at radius 3 is 2.39 bits per heavy atom. The summed E-state index contributed by atoms with van der Waals surface area (Å²) in [5.41, 5.74) is 3.25. The van der Waals surface area contributed by atoms with Crippen molar-refractivity contribution < 1.29 is 4.74 Å². The highest BCUT2D eigenvalue weighted by molar-refractivity contribution is 5.81. The lowest BCUT2D eigenvalue weighted by Gasteiger charge is -2.05. The summed E-state index contributed by atoms with van der Waals surface area (Å²) in [6.45, 7) is 0.245. The largest absolute Gasteiger partial charge is 0.470 e. The van der Waals surface area contributed by atoms with Crippen LogP contribution in [0.4, 0.5) is 0 Å². The molecule has 3 aromatic heterocycles. The van der Waals surface area contributed by atoms with E-state index < -0.39 is 0 Å². The molecule has 0 amide bonds. The molecule has 2 aromatic carbocycles. The van der Waals surface area contributed by atoms with Crippen molar-refractivity contribution in [2.75, 3.05) is 0 Å². The van der Waals surface area contributed by atoms with Gasteiger partial charge in [-0.25, -0.2) is 19.3 Å². The van der Waals surface area contributed by atoms with Crippen LogP contribution in [0.5, 0.6) is 5.88 Å².